The standard InChI is InChI=1S/C8H9BrO.C8H11NO/c2*1-6-4-3-5-7(10-2)8(6)9/h3-5H,1-2H3;3-5H,9H2,1-2H3. The van der Waals surface area contributed by atoms with Gasteiger partial charge in [-0.2, -0.15) is 0 Å². The number of para-hydroxylation sites is 1. The van der Waals surface area contributed by atoms with Gasteiger partial charge in [0.1, 0.15) is 11.5 Å². The van der Waals surface area contributed by atoms with Gasteiger partial charge in [-0.25, -0.2) is 0 Å². The van der Waals surface area contributed by atoms with Crippen molar-refractivity contribution in [1.29, 1.82) is 0 Å². The second kappa shape index (κ2) is 7.80. The van der Waals surface area contributed by atoms with Gasteiger partial charge in [0, 0.05) is 0 Å². The predicted octanol–water partition coefficient (Wildman–Crippen LogP) is 4.35. The highest BCUT2D eigenvalue weighted by Crippen LogP contribution is 2.27. The number of methoxy groups -OCH3 is 2. The zero-order valence-electron chi connectivity index (χ0n) is 12.2. The summed E-state index contributed by atoms with van der Waals surface area (Å²) in [5.74, 6) is 1.64. The molecule has 0 aromatic heterocycles. The Morgan fingerprint density at radius 3 is 1.80 bits per heavy atom. The summed E-state index contributed by atoms with van der Waals surface area (Å²) in [6.07, 6.45) is 0. The number of hydrogen-bond donors (Lipinski definition) is 1. The summed E-state index contributed by atoms with van der Waals surface area (Å²) in [6, 6.07) is 11.7. The maximum Gasteiger partial charge on any atom is 0.142 e. The molecule has 20 heavy (non-hydrogen) atoms. The van der Waals surface area contributed by atoms with E-state index in [1.54, 1.807) is 14.2 Å². The molecule has 0 radical (unpaired) electrons. The van der Waals surface area contributed by atoms with Crippen LogP contribution in [-0.2, 0) is 0 Å². The van der Waals surface area contributed by atoms with Gasteiger partial charge in [-0.05, 0) is 53.0 Å². The van der Waals surface area contributed by atoms with Crippen molar-refractivity contribution < 1.29 is 9.47 Å². The maximum absolute atomic E-state index is 5.67. The number of anilines is 1. The van der Waals surface area contributed by atoms with Crippen LogP contribution in [0.2, 0.25) is 0 Å². The molecule has 108 valence electrons. The van der Waals surface area contributed by atoms with E-state index in [9.17, 15) is 0 Å². The molecular formula is C16H20BrNO2. The van der Waals surface area contributed by atoms with Crippen molar-refractivity contribution >= 4 is 21.6 Å². The van der Waals surface area contributed by atoms with Crippen LogP contribution < -0.4 is 15.2 Å². The molecule has 4 heteroatoms. The van der Waals surface area contributed by atoms with Crippen molar-refractivity contribution in [3.05, 3.63) is 52.0 Å². The molecular weight excluding hydrogens is 318 g/mol. The number of rotatable bonds is 2. The summed E-state index contributed by atoms with van der Waals surface area (Å²) in [6.45, 7) is 3.99. The molecule has 0 unspecified atom stereocenters. The number of nitrogens with two attached hydrogens (primary N) is 1. The van der Waals surface area contributed by atoms with Gasteiger partial charge in [0.05, 0.1) is 24.4 Å². The van der Waals surface area contributed by atoms with E-state index in [1.165, 1.54) is 5.56 Å². The fraction of sp³-hybridized carbons (Fsp3) is 0.250. The zero-order valence-corrected chi connectivity index (χ0v) is 13.8. The number of benzene rings is 2. The molecule has 0 amide bonds. The molecule has 0 heterocycles. The number of aryl methyl sites for hydroxylation is 2. The molecule has 2 N–H and O–H groups in total. The Hall–Kier alpha value is -1.68. The first-order valence-corrected chi connectivity index (χ1v) is 6.98. The Labute approximate surface area is 128 Å². The van der Waals surface area contributed by atoms with E-state index < -0.39 is 0 Å². The van der Waals surface area contributed by atoms with Gasteiger partial charge in [0.15, 0.2) is 0 Å². The Morgan fingerprint density at radius 1 is 0.850 bits per heavy atom. The fourth-order valence-electron chi connectivity index (χ4n) is 1.61. The maximum atomic E-state index is 5.67. The zero-order chi connectivity index (χ0) is 15.1. The molecule has 0 bridgehead atoms. The van der Waals surface area contributed by atoms with E-state index in [4.69, 9.17) is 15.2 Å². The van der Waals surface area contributed by atoms with Crippen LogP contribution >= 0.6 is 15.9 Å². The average molecular weight is 338 g/mol. The first-order chi connectivity index (χ1) is 9.51. The summed E-state index contributed by atoms with van der Waals surface area (Å²) in [7, 11) is 3.28. The van der Waals surface area contributed by atoms with Gasteiger partial charge >= 0.3 is 0 Å². The highest BCUT2D eigenvalue weighted by Gasteiger charge is 1.99. The second-order valence-corrected chi connectivity index (χ2v) is 5.07. The Kier molecular flexibility index (Phi) is 6.39. The van der Waals surface area contributed by atoms with Gasteiger partial charge in [-0.1, -0.05) is 24.3 Å². The van der Waals surface area contributed by atoms with Crippen LogP contribution in [0.3, 0.4) is 0 Å². The Bertz CT molecular complexity index is 519. The van der Waals surface area contributed by atoms with Crippen LogP contribution in [0, 0.1) is 13.8 Å². The molecule has 0 atom stereocenters. The minimum absolute atomic E-state index is 0.727. The number of hydrogen-bond acceptors (Lipinski definition) is 3. The Morgan fingerprint density at radius 2 is 1.35 bits per heavy atom. The van der Waals surface area contributed by atoms with E-state index >= 15 is 0 Å². The van der Waals surface area contributed by atoms with Crippen LogP contribution in [-0.4, -0.2) is 14.2 Å². The van der Waals surface area contributed by atoms with E-state index in [-0.39, 0.29) is 0 Å². The lowest BCUT2D eigenvalue weighted by Gasteiger charge is -2.04. The second-order valence-electron chi connectivity index (χ2n) is 4.28. The van der Waals surface area contributed by atoms with Crippen molar-refractivity contribution in [1.82, 2.24) is 0 Å². The number of nitrogen functional groups attached to an aromatic ring is 1. The largest absolute Gasteiger partial charge is 0.496 e. The van der Waals surface area contributed by atoms with E-state index in [0.717, 1.165) is 27.2 Å². The molecule has 0 aliphatic heterocycles. The number of halogens is 1. The van der Waals surface area contributed by atoms with Crippen LogP contribution in [0.25, 0.3) is 0 Å². The van der Waals surface area contributed by atoms with Gasteiger partial charge in [0.2, 0.25) is 0 Å². The molecule has 2 aromatic rings. The third kappa shape index (κ3) is 4.17. The van der Waals surface area contributed by atoms with Crippen LogP contribution in [0.4, 0.5) is 5.69 Å². The predicted molar refractivity (Wildman–Crippen MR) is 87.6 cm³/mol. The monoisotopic (exact) mass is 337 g/mol. The van der Waals surface area contributed by atoms with Gasteiger partial charge in [-0.15, -0.1) is 0 Å². The molecule has 0 spiro atoms. The molecule has 2 aromatic carbocycles. The average Bonchev–Trinajstić information content (AvgIpc) is 2.45. The van der Waals surface area contributed by atoms with E-state index in [1.807, 2.05) is 50.2 Å². The molecule has 3 nitrogen and oxygen atoms in total. The van der Waals surface area contributed by atoms with Crippen molar-refractivity contribution in [2.75, 3.05) is 20.0 Å². The fourth-order valence-corrected chi connectivity index (χ4v) is 2.04. The highest BCUT2D eigenvalue weighted by molar-refractivity contribution is 9.10. The minimum Gasteiger partial charge on any atom is -0.496 e. The van der Waals surface area contributed by atoms with Crippen molar-refractivity contribution in [2.45, 2.75) is 13.8 Å². The first kappa shape index (κ1) is 16.4. The molecule has 0 aliphatic rings. The SMILES string of the molecule is COc1cccc(C)c1Br.COc1cccc(C)c1N. The topological polar surface area (TPSA) is 44.5 Å². The smallest absolute Gasteiger partial charge is 0.142 e. The van der Waals surface area contributed by atoms with Crippen molar-refractivity contribution in [3.8, 4) is 11.5 Å². The normalized spacial score (nSPS) is 9.45. The summed E-state index contributed by atoms with van der Waals surface area (Å²) in [4.78, 5) is 0. The summed E-state index contributed by atoms with van der Waals surface area (Å²) < 4.78 is 11.1. The van der Waals surface area contributed by atoms with Crippen LogP contribution in [0.15, 0.2) is 40.9 Å². The Balaban J connectivity index is 0.000000200. The van der Waals surface area contributed by atoms with Crippen LogP contribution in [0.1, 0.15) is 11.1 Å². The lowest BCUT2D eigenvalue weighted by atomic mass is 10.2. The minimum atomic E-state index is 0.727. The first-order valence-electron chi connectivity index (χ1n) is 6.19. The summed E-state index contributed by atoms with van der Waals surface area (Å²) >= 11 is 3.42. The van der Waals surface area contributed by atoms with Crippen LogP contribution in [0.5, 0.6) is 11.5 Å². The van der Waals surface area contributed by atoms with E-state index in [0.29, 0.717) is 0 Å². The lowest BCUT2D eigenvalue weighted by Crippen LogP contribution is -1.93. The highest BCUT2D eigenvalue weighted by atomic mass is 79.9. The van der Waals surface area contributed by atoms with Crippen molar-refractivity contribution in [2.24, 2.45) is 0 Å². The van der Waals surface area contributed by atoms with Gasteiger partial charge in [0.25, 0.3) is 0 Å². The molecule has 0 saturated heterocycles. The third-order valence-corrected chi connectivity index (χ3v) is 3.90. The molecule has 0 saturated carbocycles. The molecule has 0 aliphatic carbocycles. The lowest BCUT2D eigenvalue weighted by molar-refractivity contribution is 0.412. The van der Waals surface area contributed by atoms with Crippen molar-refractivity contribution in [3.63, 3.8) is 0 Å². The van der Waals surface area contributed by atoms with Gasteiger partial charge in [-0.3, -0.25) is 0 Å². The van der Waals surface area contributed by atoms with Gasteiger partial charge < -0.3 is 15.2 Å². The molecule has 0 fully saturated rings. The molecule has 2 rings (SSSR count). The third-order valence-electron chi connectivity index (χ3n) is 2.88. The number of ether oxygens (including phenoxy) is 2. The summed E-state index contributed by atoms with van der Waals surface area (Å²) in [5, 5.41) is 0. The quantitative estimate of drug-likeness (QED) is 0.828. The summed E-state index contributed by atoms with van der Waals surface area (Å²) in [5.41, 5.74) is 8.64. The van der Waals surface area contributed by atoms with E-state index in [2.05, 4.69) is 15.9 Å².